The second-order valence-corrected chi connectivity index (χ2v) is 10.8. The van der Waals surface area contributed by atoms with Gasteiger partial charge < -0.3 is 21.3 Å². The van der Waals surface area contributed by atoms with E-state index in [9.17, 15) is 0 Å². The topological polar surface area (TPSA) is 48.1 Å². The molecule has 0 heterocycles. The maximum absolute atomic E-state index is 4.01. The Morgan fingerprint density at radius 1 is 0.750 bits per heavy atom. The maximum atomic E-state index is 4.01. The van der Waals surface area contributed by atoms with E-state index in [1.54, 1.807) is 0 Å². The summed E-state index contributed by atoms with van der Waals surface area (Å²) in [5, 5.41) is 15.3. The molecule has 0 amide bonds. The highest BCUT2D eigenvalue weighted by Gasteiger charge is 2.31. The second kappa shape index (κ2) is 14.8. The normalized spacial score (nSPS) is 16.9. The Balaban J connectivity index is 5.11. The zero-order chi connectivity index (χ0) is 21.6. The Bertz CT molecular complexity index is 364. The van der Waals surface area contributed by atoms with Crippen molar-refractivity contribution in [3.63, 3.8) is 0 Å². The van der Waals surface area contributed by atoms with Crippen LogP contribution >= 0.6 is 0 Å². The first kappa shape index (κ1) is 27.8. The molecule has 0 aliphatic carbocycles. The van der Waals surface area contributed by atoms with Gasteiger partial charge in [-0.05, 0) is 50.1 Å². The van der Waals surface area contributed by atoms with Crippen molar-refractivity contribution in [2.45, 2.75) is 99.6 Å². The lowest BCUT2D eigenvalue weighted by Gasteiger charge is -2.39. The van der Waals surface area contributed by atoms with Gasteiger partial charge in [0.2, 0.25) is 0 Å². The predicted molar refractivity (Wildman–Crippen MR) is 127 cm³/mol. The predicted octanol–water partition coefficient (Wildman–Crippen LogP) is 4.41. The van der Waals surface area contributed by atoms with Gasteiger partial charge in [-0.3, -0.25) is 0 Å². The number of hydrogen-bond acceptors (Lipinski definition) is 4. The number of nitrogens with one attached hydrogen (secondary N) is 4. The zero-order valence-corrected chi connectivity index (χ0v) is 20.8. The molecule has 3 atom stereocenters. The van der Waals surface area contributed by atoms with Gasteiger partial charge in [-0.15, -0.1) is 0 Å². The van der Waals surface area contributed by atoms with Crippen molar-refractivity contribution in [2.75, 3.05) is 39.3 Å². The first-order valence-corrected chi connectivity index (χ1v) is 11.9. The Kier molecular flexibility index (Phi) is 14.7. The summed E-state index contributed by atoms with van der Waals surface area (Å²) in [5.41, 5.74) is 0.334. The number of rotatable bonds is 17. The summed E-state index contributed by atoms with van der Waals surface area (Å²) in [6.45, 7) is 26.9. The minimum atomic E-state index is 0.0320. The van der Waals surface area contributed by atoms with Gasteiger partial charge in [-0.1, -0.05) is 68.2 Å². The third-order valence-corrected chi connectivity index (χ3v) is 5.41. The van der Waals surface area contributed by atoms with Gasteiger partial charge >= 0.3 is 0 Å². The summed E-state index contributed by atoms with van der Waals surface area (Å²) in [7, 11) is 0. The van der Waals surface area contributed by atoms with Gasteiger partial charge in [-0.25, -0.2) is 0 Å². The Morgan fingerprint density at radius 3 is 1.89 bits per heavy atom. The molecule has 0 fully saturated rings. The lowest BCUT2D eigenvalue weighted by molar-refractivity contribution is 0.235. The average Bonchev–Trinajstić information content (AvgIpc) is 2.57. The fourth-order valence-electron chi connectivity index (χ4n) is 3.47. The minimum absolute atomic E-state index is 0.0320. The maximum Gasteiger partial charge on any atom is 0.0560 e. The Labute approximate surface area is 177 Å². The van der Waals surface area contributed by atoms with Crippen LogP contribution in [0.4, 0.5) is 0 Å². The molecule has 0 saturated heterocycles. The van der Waals surface area contributed by atoms with Crippen molar-refractivity contribution in [3.8, 4) is 0 Å². The monoisotopic (exact) mass is 398 g/mol. The van der Waals surface area contributed by atoms with Crippen molar-refractivity contribution in [1.29, 1.82) is 0 Å². The second-order valence-electron chi connectivity index (χ2n) is 10.8. The lowest BCUT2D eigenvalue weighted by Crippen LogP contribution is -2.66. The number of hydrogen-bond donors (Lipinski definition) is 4. The first-order chi connectivity index (χ1) is 13.0. The van der Waals surface area contributed by atoms with Crippen LogP contribution in [-0.2, 0) is 0 Å². The molecular formula is C24H54N4. The minimum Gasteiger partial charge on any atom is -0.315 e. The van der Waals surface area contributed by atoms with Crippen LogP contribution in [-0.4, -0.2) is 50.8 Å². The average molecular weight is 399 g/mol. The van der Waals surface area contributed by atoms with Crippen molar-refractivity contribution in [2.24, 2.45) is 17.3 Å². The molecule has 0 aromatic carbocycles. The highest BCUT2D eigenvalue weighted by atomic mass is 15.1. The van der Waals surface area contributed by atoms with E-state index in [0.29, 0.717) is 11.5 Å². The molecule has 170 valence electrons. The standard InChI is InChI=1S/C24H54N4/c1-10-12-22(6)28-24(17-25-14-13-20(3)4,18-26-15-21(5)11-2)19-27-16-23(7,8)9/h20-22,25-28H,10-19H2,1-9H3. The van der Waals surface area contributed by atoms with E-state index in [1.807, 2.05) is 0 Å². The fraction of sp³-hybridized carbons (Fsp3) is 1.00. The van der Waals surface area contributed by atoms with Crippen LogP contribution in [0.25, 0.3) is 0 Å². The molecule has 0 aromatic rings. The molecule has 4 heteroatoms. The van der Waals surface area contributed by atoms with E-state index in [4.69, 9.17) is 0 Å². The molecule has 28 heavy (non-hydrogen) atoms. The van der Waals surface area contributed by atoms with E-state index < -0.39 is 0 Å². The SMILES string of the molecule is CCCC(C)NC(CNCCC(C)C)(CNCC(C)CC)CNCC(C)(C)C. The molecule has 0 spiro atoms. The lowest BCUT2D eigenvalue weighted by atomic mass is 9.93. The molecule has 0 bridgehead atoms. The van der Waals surface area contributed by atoms with Crippen molar-refractivity contribution in [3.05, 3.63) is 0 Å². The molecule has 0 aromatic heterocycles. The molecule has 0 rings (SSSR count). The van der Waals surface area contributed by atoms with E-state index >= 15 is 0 Å². The summed E-state index contributed by atoms with van der Waals surface area (Å²) in [4.78, 5) is 0. The van der Waals surface area contributed by atoms with Crippen LogP contribution in [0.1, 0.15) is 88.0 Å². The summed E-state index contributed by atoms with van der Waals surface area (Å²) in [6, 6.07) is 0.527. The molecule has 4 N–H and O–H groups in total. The van der Waals surface area contributed by atoms with Gasteiger partial charge in [-0.2, -0.15) is 0 Å². The van der Waals surface area contributed by atoms with Gasteiger partial charge in [0, 0.05) is 32.2 Å². The molecule has 0 radical (unpaired) electrons. The van der Waals surface area contributed by atoms with Gasteiger partial charge in [0.1, 0.15) is 0 Å². The van der Waals surface area contributed by atoms with Gasteiger partial charge in [0.25, 0.3) is 0 Å². The van der Waals surface area contributed by atoms with Gasteiger partial charge in [0.05, 0.1) is 5.54 Å². The van der Waals surface area contributed by atoms with Crippen LogP contribution in [0.3, 0.4) is 0 Å². The van der Waals surface area contributed by atoms with E-state index in [0.717, 1.165) is 51.1 Å². The van der Waals surface area contributed by atoms with Crippen LogP contribution in [0.2, 0.25) is 0 Å². The van der Waals surface area contributed by atoms with Crippen LogP contribution < -0.4 is 21.3 Å². The Hall–Kier alpha value is -0.160. The summed E-state index contributed by atoms with van der Waals surface area (Å²) in [6.07, 6.45) is 4.91. The molecule has 3 unspecified atom stereocenters. The summed E-state index contributed by atoms with van der Waals surface area (Å²) < 4.78 is 0. The molecule has 0 saturated carbocycles. The van der Waals surface area contributed by atoms with Crippen LogP contribution in [0.15, 0.2) is 0 Å². The summed E-state index contributed by atoms with van der Waals surface area (Å²) in [5.74, 6) is 1.47. The molecule has 4 nitrogen and oxygen atoms in total. The molecule has 0 aliphatic heterocycles. The van der Waals surface area contributed by atoms with Crippen LogP contribution in [0.5, 0.6) is 0 Å². The smallest absolute Gasteiger partial charge is 0.0560 e. The molecule has 0 aliphatic rings. The highest BCUT2D eigenvalue weighted by molar-refractivity contribution is 4.97. The molecular weight excluding hydrogens is 344 g/mol. The van der Waals surface area contributed by atoms with Crippen molar-refractivity contribution in [1.82, 2.24) is 21.3 Å². The fourth-order valence-corrected chi connectivity index (χ4v) is 3.47. The highest BCUT2D eigenvalue weighted by Crippen LogP contribution is 2.13. The van der Waals surface area contributed by atoms with Crippen molar-refractivity contribution < 1.29 is 0 Å². The largest absolute Gasteiger partial charge is 0.315 e. The van der Waals surface area contributed by atoms with E-state index in [-0.39, 0.29) is 5.54 Å². The van der Waals surface area contributed by atoms with Gasteiger partial charge in [0.15, 0.2) is 0 Å². The zero-order valence-electron chi connectivity index (χ0n) is 20.8. The quantitative estimate of drug-likeness (QED) is 0.274. The third kappa shape index (κ3) is 14.8. The van der Waals surface area contributed by atoms with E-state index in [2.05, 4.69) is 83.6 Å². The summed E-state index contributed by atoms with van der Waals surface area (Å²) >= 11 is 0. The van der Waals surface area contributed by atoms with E-state index in [1.165, 1.54) is 25.7 Å². The van der Waals surface area contributed by atoms with Crippen LogP contribution in [0, 0.1) is 17.3 Å². The Morgan fingerprint density at radius 2 is 1.36 bits per heavy atom. The third-order valence-electron chi connectivity index (χ3n) is 5.41. The van der Waals surface area contributed by atoms with Crippen molar-refractivity contribution >= 4 is 0 Å². The first-order valence-electron chi connectivity index (χ1n) is 11.9.